The molecule has 0 aliphatic carbocycles. The summed E-state index contributed by atoms with van der Waals surface area (Å²) in [6.45, 7) is -0.138. The van der Waals surface area contributed by atoms with Crippen molar-refractivity contribution in [1.29, 1.82) is 0 Å². The zero-order valence-electron chi connectivity index (χ0n) is 14.1. The van der Waals surface area contributed by atoms with Crippen molar-refractivity contribution in [3.05, 3.63) is 69.6 Å². The van der Waals surface area contributed by atoms with Gasteiger partial charge in [0.1, 0.15) is 6.21 Å². The minimum absolute atomic E-state index is 0.138. The van der Waals surface area contributed by atoms with Crippen molar-refractivity contribution in [1.82, 2.24) is 10.2 Å². The molecule has 0 fully saturated rings. The molecule has 3 rings (SSSR count). The van der Waals surface area contributed by atoms with Gasteiger partial charge in [0.2, 0.25) is 5.89 Å². The first kappa shape index (κ1) is 19.0. The number of non-ortho nitro benzene ring substituents is 1. The first-order chi connectivity index (χ1) is 13.5. The van der Waals surface area contributed by atoms with Crippen LogP contribution in [0.15, 0.2) is 58.1 Å². The number of nitrogens with zero attached hydrogens (tertiary/aromatic N) is 4. The Morgan fingerprint density at radius 3 is 2.82 bits per heavy atom. The van der Waals surface area contributed by atoms with Gasteiger partial charge in [0.15, 0.2) is 6.61 Å². The predicted octanol–water partition coefficient (Wildman–Crippen LogP) is 3.44. The van der Waals surface area contributed by atoms with Crippen LogP contribution in [0.3, 0.4) is 0 Å². The highest BCUT2D eigenvalue weighted by Crippen LogP contribution is 2.20. The largest absolute Gasteiger partial charge is 0.417 e. The van der Waals surface area contributed by atoms with Gasteiger partial charge in [-0.05, 0) is 30.3 Å². The van der Waals surface area contributed by atoms with E-state index in [1.165, 1.54) is 24.3 Å². The number of carbonyl (C=O) groups excluding carboxylic acids is 1. The van der Waals surface area contributed by atoms with Crippen molar-refractivity contribution in [2.75, 3.05) is 5.32 Å². The van der Waals surface area contributed by atoms with Gasteiger partial charge in [-0.15, -0.1) is 10.2 Å². The number of aromatic nitrogens is 2. The summed E-state index contributed by atoms with van der Waals surface area (Å²) in [5, 5.41) is 24.9. The zero-order valence-corrected chi connectivity index (χ0v) is 14.9. The lowest BCUT2D eigenvalue weighted by atomic mass is 10.2. The number of nitro benzene ring substituents is 1. The van der Waals surface area contributed by atoms with E-state index in [1.807, 2.05) is 0 Å². The molecule has 0 aliphatic rings. The number of hydrogen-bond donors (Lipinski definition) is 1. The Morgan fingerprint density at radius 2 is 2.07 bits per heavy atom. The normalized spacial score (nSPS) is 10.8. The van der Waals surface area contributed by atoms with E-state index < -0.39 is 10.8 Å². The van der Waals surface area contributed by atoms with Gasteiger partial charge < -0.3 is 14.6 Å². The van der Waals surface area contributed by atoms with Crippen LogP contribution in [0.4, 0.5) is 11.4 Å². The molecule has 1 heterocycles. The van der Waals surface area contributed by atoms with E-state index in [4.69, 9.17) is 20.9 Å². The highest BCUT2D eigenvalue weighted by atomic mass is 35.5. The van der Waals surface area contributed by atoms with Gasteiger partial charge >= 0.3 is 0 Å². The molecule has 1 aromatic heterocycles. The van der Waals surface area contributed by atoms with E-state index in [9.17, 15) is 14.9 Å². The third kappa shape index (κ3) is 5.11. The smallest absolute Gasteiger partial charge is 0.271 e. The molecular weight excluding hydrogens is 390 g/mol. The lowest BCUT2D eigenvalue weighted by molar-refractivity contribution is -0.384. The van der Waals surface area contributed by atoms with Crippen LogP contribution in [-0.2, 0) is 16.2 Å². The van der Waals surface area contributed by atoms with E-state index in [0.29, 0.717) is 16.5 Å². The van der Waals surface area contributed by atoms with Crippen LogP contribution in [0.2, 0.25) is 5.02 Å². The minimum Gasteiger partial charge on any atom is -0.417 e. The molecule has 1 N–H and O–H groups in total. The first-order valence-electron chi connectivity index (χ1n) is 7.80. The third-order valence-electron chi connectivity index (χ3n) is 3.32. The Labute approximate surface area is 162 Å². The summed E-state index contributed by atoms with van der Waals surface area (Å²) in [4.78, 5) is 26.8. The summed E-state index contributed by atoms with van der Waals surface area (Å²) in [7, 11) is 0. The number of carbonyl (C=O) groups is 1. The van der Waals surface area contributed by atoms with Crippen molar-refractivity contribution in [2.45, 2.75) is 6.61 Å². The third-order valence-corrected chi connectivity index (χ3v) is 3.57. The van der Waals surface area contributed by atoms with Gasteiger partial charge in [-0.2, -0.15) is 0 Å². The highest BCUT2D eigenvalue weighted by molar-refractivity contribution is 6.31. The Bertz CT molecular complexity index is 1020. The van der Waals surface area contributed by atoms with Gasteiger partial charge in [0.25, 0.3) is 17.5 Å². The SMILES string of the molecule is O=C(/C=N\OCc1nnc(-c2ccc(Cl)cc2)o1)Nc1cccc([N+](=O)[O-])c1. The summed E-state index contributed by atoms with van der Waals surface area (Å²) in [6, 6.07) is 12.4. The lowest BCUT2D eigenvalue weighted by Gasteiger charge is -2.01. The Morgan fingerprint density at radius 1 is 1.29 bits per heavy atom. The Balaban J connectivity index is 1.50. The molecule has 11 heteroatoms. The average Bonchev–Trinajstić information content (AvgIpc) is 3.15. The Kier molecular flexibility index (Phi) is 5.92. The van der Waals surface area contributed by atoms with Crippen LogP contribution in [0.5, 0.6) is 0 Å². The zero-order chi connectivity index (χ0) is 19.9. The molecule has 0 unspecified atom stereocenters. The van der Waals surface area contributed by atoms with Gasteiger partial charge in [-0.1, -0.05) is 22.8 Å². The number of oxime groups is 1. The van der Waals surface area contributed by atoms with Crippen molar-refractivity contribution in [3.63, 3.8) is 0 Å². The van der Waals surface area contributed by atoms with E-state index >= 15 is 0 Å². The summed E-state index contributed by atoms with van der Waals surface area (Å²) < 4.78 is 5.42. The lowest BCUT2D eigenvalue weighted by Crippen LogP contribution is -2.12. The average molecular weight is 402 g/mol. The molecule has 0 radical (unpaired) electrons. The van der Waals surface area contributed by atoms with Gasteiger partial charge in [-0.3, -0.25) is 14.9 Å². The fraction of sp³-hybridized carbons (Fsp3) is 0.0588. The number of nitrogens with one attached hydrogen (secondary N) is 1. The number of halogens is 1. The standard InChI is InChI=1S/C17H12ClN5O5/c18-12-6-4-11(5-7-12)17-22-21-16(28-17)10-27-19-9-15(24)20-13-2-1-3-14(8-13)23(25)26/h1-9H,10H2,(H,20,24)/b19-9-. The van der Waals surface area contributed by atoms with Crippen molar-refractivity contribution >= 4 is 35.1 Å². The minimum atomic E-state index is -0.618. The quantitative estimate of drug-likeness (QED) is 0.364. The summed E-state index contributed by atoms with van der Waals surface area (Å²) in [6.07, 6.45) is 0.884. The fourth-order valence-electron chi connectivity index (χ4n) is 2.07. The van der Waals surface area contributed by atoms with Crippen LogP contribution in [0.1, 0.15) is 5.89 Å². The number of amides is 1. The van der Waals surface area contributed by atoms with Gasteiger partial charge in [0, 0.05) is 28.4 Å². The first-order valence-corrected chi connectivity index (χ1v) is 8.18. The van der Waals surface area contributed by atoms with Crippen LogP contribution in [-0.4, -0.2) is 27.2 Å². The summed E-state index contributed by atoms with van der Waals surface area (Å²) in [5.41, 5.74) is 0.817. The van der Waals surface area contributed by atoms with E-state index in [0.717, 1.165) is 6.21 Å². The summed E-state index contributed by atoms with van der Waals surface area (Å²) >= 11 is 5.82. The fourth-order valence-corrected chi connectivity index (χ4v) is 2.20. The second-order valence-electron chi connectivity index (χ2n) is 5.31. The van der Waals surface area contributed by atoms with E-state index in [-0.39, 0.29) is 23.9 Å². The molecule has 1 amide bonds. The molecule has 10 nitrogen and oxygen atoms in total. The number of nitro groups is 1. The second-order valence-corrected chi connectivity index (χ2v) is 5.75. The number of rotatable bonds is 7. The topological polar surface area (TPSA) is 133 Å². The molecule has 0 saturated heterocycles. The van der Waals surface area contributed by atoms with Crippen LogP contribution >= 0.6 is 11.6 Å². The monoisotopic (exact) mass is 401 g/mol. The molecule has 0 atom stereocenters. The van der Waals surface area contributed by atoms with Crippen LogP contribution in [0, 0.1) is 10.1 Å². The van der Waals surface area contributed by atoms with Crippen molar-refractivity contribution < 1.29 is 19.0 Å². The maximum Gasteiger partial charge on any atom is 0.271 e. The number of benzene rings is 2. The van der Waals surface area contributed by atoms with Crippen LogP contribution in [0.25, 0.3) is 11.5 Å². The molecule has 0 aliphatic heterocycles. The number of hydrogen-bond acceptors (Lipinski definition) is 8. The Hall–Kier alpha value is -3.79. The van der Waals surface area contributed by atoms with Crippen molar-refractivity contribution in [2.24, 2.45) is 5.16 Å². The summed E-state index contributed by atoms with van der Waals surface area (Å²) in [5.74, 6) is -0.156. The van der Waals surface area contributed by atoms with Crippen LogP contribution < -0.4 is 5.32 Å². The molecule has 3 aromatic rings. The van der Waals surface area contributed by atoms with Crippen molar-refractivity contribution in [3.8, 4) is 11.5 Å². The highest BCUT2D eigenvalue weighted by Gasteiger charge is 2.09. The van der Waals surface area contributed by atoms with Gasteiger partial charge in [0.05, 0.1) is 4.92 Å². The van der Waals surface area contributed by atoms with E-state index in [2.05, 4.69) is 20.7 Å². The second kappa shape index (κ2) is 8.73. The number of anilines is 1. The molecular formula is C17H12ClN5O5. The van der Waals surface area contributed by atoms with Gasteiger partial charge in [-0.25, -0.2) is 0 Å². The molecule has 28 heavy (non-hydrogen) atoms. The molecule has 0 spiro atoms. The predicted molar refractivity (Wildman–Crippen MR) is 99.8 cm³/mol. The molecule has 142 valence electrons. The molecule has 2 aromatic carbocycles. The maximum atomic E-state index is 11.7. The molecule has 0 saturated carbocycles. The maximum absolute atomic E-state index is 11.7. The molecule has 0 bridgehead atoms. The van der Waals surface area contributed by atoms with E-state index in [1.54, 1.807) is 24.3 Å².